The predicted octanol–water partition coefficient (Wildman–Crippen LogP) is 13.8. The minimum absolute atomic E-state index is 0.538. The van der Waals surface area contributed by atoms with Crippen molar-refractivity contribution in [2.24, 2.45) is 0 Å². The van der Waals surface area contributed by atoms with Crippen molar-refractivity contribution in [3.8, 4) is 55.9 Å². The molecule has 2 heterocycles. The van der Waals surface area contributed by atoms with E-state index in [4.69, 9.17) is 19.9 Å². The summed E-state index contributed by atoms with van der Waals surface area (Å²) in [4.78, 5) is 21.0. The molecule has 280 valence electrons. The largest absolute Gasteiger partial charge is 0.236 e. The third-order valence-corrected chi connectivity index (χ3v) is 13.2. The third-order valence-electron chi connectivity index (χ3n) is 12.1. The van der Waals surface area contributed by atoms with Crippen molar-refractivity contribution in [1.82, 2.24) is 19.9 Å². The highest BCUT2D eigenvalue weighted by Crippen LogP contribution is 2.56. The molecule has 1 aliphatic carbocycles. The SMILES string of the molecule is c1ccc(-c2nc(-c3ccc4c(c3)C(c3ccccc3)(c3ccccc3)c3ccccc3-4)nc(-c3cccc4c3ccc3nc(-c5cccc6ccccc56)sc34)n2)cc1. The van der Waals surface area contributed by atoms with E-state index >= 15 is 0 Å². The number of nitrogens with zero attached hydrogens (tertiary/aromatic N) is 4. The van der Waals surface area contributed by atoms with Crippen LogP contribution in [0.3, 0.4) is 0 Å². The van der Waals surface area contributed by atoms with Gasteiger partial charge in [0, 0.05) is 27.6 Å². The lowest BCUT2D eigenvalue weighted by molar-refractivity contribution is 0.768. The molecule has 60 heavy (non-hydrogen) atoms. The van der Waals surface area contributed by atoms with E-state index in [1.165, 1.54) is 44.2 Å². The summed E-state index contributed by atoms with van der Waals surface area (Å²) in [5, 5.41) is 5.62. The molecule has 0 unspecified atom stereocenters. The van der Waals surface area contributed by atoms with Crippen molar-refractivity contribution in [3.05, 3.63) is 229 Å². The Morgan fingerprint density at radius 2 is 0.933 bits per heavy atom. The summed E-state index contributed by atoms with van der Waals surface area (Å²) in [5.74, 6) is 1.89. The van der Waals surface area contributed by atoms with Gasteiger partial charge in [0.25, 0.3) is 0 Å². The Balaban J connectivity index is 1.06. The number of rotatable bonds is 6. The fourth-order valence-corrected chi connectivity index (χ4v) is 10.5. The molecule has 9 aromatic carbocycles. The van der Waals surface area contributed by atoms with Gasteiger partial charge in [-0.2, -0.15) is 0 Å². The summed E-state index contributed by atoms with van der Waals surface area (Å²) in [6.45, 7) is 0. The number of hydrogen-bond acceptors (Lipinski definition) is 5. The van der Waals surface area contributed by atoms with Gasteiger partial charge in [0.05, 0.1) is 15.6 Å². The molecule has 5 heteroatoms. The van der Waals surface area contributed by atoms with Crippen LogP contribution in [0.25, 0.3) is 87.6 Å². The van der Waals surface area contributed by atoms with Crippen LogP contribution in [0, 0.1) is 0 Å². The van der Waals surface area contributed by atoms with Crippen LogP contribution in [0.2, 0.25) is 0 Å². The Morgan fingerprint density at radius 1 is 0.350 bits per heavy atom. The third kappa shape index (κ3) is 5.30. The van der Waals surface area contributed by atoms with Crippen molar-refractivity contribution in [3.63, 3.8) is 0 Å². The number of thiazole rings is 1. The van der Waals surface area contributed by atoms with Crippen LogP contribution in [0.15, 0.2) is 206 Å². The van der Waals surface area contributed by atoms with E-state index < -0.39 is 5.41 Å². The van der Waals surface area contributed by atoms with E-state index in [2.05, 4.69) is 188 Å². The molecule has 4 nitrogen and oxygen atoms in total. The fourth-order valence-electron chi connectivity index (χ4n) is 9.39. The van der Waals surface area contributed by atoms with E-state index in [9.17, 15) is 0 Å². The monoisotopic (exact) mass is 782 g/mol. The molecule has 2 aromatic heterocycles. The highest BCUT2D eigenvalue weighted by Gasteiger charge is 2.46. The summed E-state index contributed by atoms with van der Waals surface area (Å²) in [7, 11) is 0. The summed E-state index contributed by atoms with van der Waals surface area (Å²) >= 11 is 1.74. The van der Waals surface area contributed by atoms with Crippen LogP contribution in [-0.2, 0) is 5.41 Å². The fraction of sp³-hybridized carbons (Fsp3) is 0.0182. The number of hydrogen-bond donors (Lipinski definition) is 0. The van der Waals surface area contributed by atoms with Gasteiger partial charge in [-0.25, -0.2) is 19.9 Å². The first kappa shape index (κ1) is 34.4. The van der Waals surface area contributed by atoms with Gasteiger partial charge in [-0.05, 0) is 61.7 Å². The molecule has 0 N–H and O–H groups in total. The van der Waals surface area contributed by atoms with E-state index in [1.54, 1.807) is 11.3 Å². The second kappa shape index (κ2) is 13.8. The number of benzene rings is 9. The molecular weight excluding hydrogens is 749 g/mol. The van der Waals surface area contributed by atoms with Crippen LogP contribution in [0.4, 0.5) is 0 Å². The van der Waals surface area contributed by atoms with Gasteiger partial charge in [-0.1, -0.05) is 194 Å². The Morgan fingerprint density at radius 3 is 1.73 bits per heavy atom. The first-order valence-electron chi connectivity index (χ1n) is 20.2. The molecule has 0 saturated heterocycles. The molecular formula is C55H34N4S. The van der Waals surface area contributed by atoms with Gasteiger partial charge < -0.3 is 0 Å². The standard InChI is InChI=1S/C55H34N4S/c1-4-17-36(18-5-1)51-57-52(37-30-31-43-42-25-12-13-29-47(42)55(48(43)34-37,38-20-6-2-7-21-38)39-22-8-3-9-23-39)59-53(58-51)45-27-15-26-44-41(45)32-33-49-50(44)60-54(56-49)46-28-14-19-35-16-10-11-24-40(35)46/h1-34H. The first-order valence-corrected chi connectivity index (χ1v) is 21.0. The molecule has 1 aliphatic rings. The highest BCUT2D eigenvalue weighted by atomic mass is 32.1. The molecule has 0 saturated carbocycles. The maximum absolute atomic E-state index is 5.35. The van der Waals surface area contributed by atoms with Gasteiger partial charge in [-0.15, -0.1) is 11.3 Å². The molecule has 11 aromatic rings. The molecule has 0 radical (unpaired) electrons. The first-order chi connectivity index (χ1) is 29.7. The van der Waals surface area contributed by atoms with Gasteiger partial charge in [0.15, 0.2) is 17.5 Å². The molecule has 12 rings (SSSR count). The zero-order valence-electron chi connectivity index (χ0n) is 32.3. The summed E-state index contributed by atoms with van der Waals surface area (Å²) in [5.41, 5.74) is 11.8. The van der Waals surface area contributed by atoms with Crippen molar-refractivity contribution in [1.29, 1.82) is 0 Å². The number of fused-ring (bicyclic) bond motifs is 7. The van der Waals surface area contributed by atoms with Crippen LogP contribution in [0.1, 0.15) is 22.3 Å². The second-order valence-electron chi connectivity index (χ2n) is 15.3. The lowest BCUT2D eigenvalue weighted by atomic mass is 9.67. The molecule has 0 aliphatic heterocycles. The minimum Gasteiger partial charge on any atom is -0.236 e. The van der Waals surface area contributed by atoms with Crippen molar-refractivity contribution in [2.45, 2.75) is 5.41 Å². The number of aromatic nitrogens is 4. The average molecular weight is 783 g/mol. The van der Waals surface area contributed by atoms with Gasteiger partial charge >= 0.3 is 0 Å². The van der Waals surface area contributed by atoms with Gasteiger partial charge in [-0.3, -0.25) is 0 Å². The molecule has 0 atom stereocenters. The van der Waals surface area contributed by atoms with E-state index in [0.29, 0.717) is 17.5 Å². The summed E-state index contributed by atoms with van der Waals surface area (Å²) < 4.78 is 1.14. The van der Waals surface area contributed by atoms with Crippen molar-refractivity contribution in [2.75, 3.05) is 0 Å². The highest BCUT2D eigenvalue weighted by molar-refractivity contribution is 7.22. The lowest BCUT2D eigenvalue weighted by Gasteiger charge is -2.34. The average Bonchev–Trinajstić information content (AvgIpc) is 3.90. The second-order valence-corrected chi connectivity index (χ2v) is 16.3. The smallest absolute Gasteiger partial charge is 0.164 e. The Bertz CT molecular complexity index is 3390. The maximum atomic E-state index is 5.35. The van der Waals surface area contributed by atoms with E-state index in [-0.39, 0.29) is 0 Å². The zero-order valence-corrected chi connectivity index (χ0v) is 33.1. The Labute approximate surface area is 351 Å². The molecule has 0 spiro atoms. The molecule has 0 fully saturated rings. The molecule has 0 bridgehead atoms. The van der Waals surface area contributed by atoms with Crippen molar-refractivity contribution < 1.29 is 0 Å². The Kier molecular flexibility index (Phi) is 7.90. The topological polar surface area (TPSA) is 51.6 Å². The summed E-state index contributed by atoms with van der Waals surface area (Å²) in [6, 6.07) is 73.3. The van der Waals surface area contributed by atoms with Crippen LogP contribution in [0.5, 0.6) is 0 Å². The van der Waals surface area contributed by atoms with Crippen LogP contribution in [-0.4, -0.2) is 19.9 Å². The molecule has 0 amide bonds. The minimum atomic E-state index is -0.538. The summed E-state index contributed by atoms with van der Waals surface area (Å²) in [6.07, 6.45) is 0. The van der Waals surface area contributed by atoms with Crippen LogP contribution >= 0.6 is 11.3 Å². The van der Waals surface area contributed by atoms with Crippen LogP contribution < -0.4 is 0 Å². The zero-order chi connectivity index (χ0) is 39.6. The Hall–Kier alpha value is -7.60. The van der Waals surface area contributed by atoms with E-state index in [0.717, 1.165) is 48.3 Å². The van der Waals surface area contributed by atoms with E-state index in [1.807, 2.05) is 18.2 Å². The lowest BCUT2D eigenvalue weighted by Crippen LogP contribution is -2.28. The normalized spacial score (nSPS) is 12.8. The quantitative estimate of drug-likeness (QED) is 0.169. The maximum Gasteiger partial charge on any atom is 0.164 e. The van der Waals surface area contributed by atoms with Gasteiger partial charge in [0.2, 0.25) is 0 Å². The van der Waals surface area contributed by atoms with Crippen molar-refractivity contribution >= 4 is 43.1 Å². The van der Waals surface area contributed by atoms with Gasteiger partial charge in [0.1, 0.15) is 5.01 Å². The predicted molar refractivity (Wildman–Crippen MR) is 247 cm³/mol.